The molecule has 0 N–H and O–H groups in total. The fourth-order valence-electron chi connectivity index (χ4n) is 3.69. The van der Waals surface area contributed by atoms with Crippen LogP contribution in [0.4, 0.5) is 0 Å². The van der Waals surface area contributed by atoms with Gasteiger partial charge in [0.05, 0.1) is 23.8 Å². The number of aromatic nitrogens is 4. The lowest BCUT2D eigenvalue weighted by molar-refractivity contribution is -0.134. The third-order valence-electron chi connectivity index (χ3n) is 5.16. The van der Waals surface area contributed by atoms with Crippen LogP contribution in [0.5, 0.6) is 0 Å². The summed E-state index contributed by atoms with van der Waals surface area (Å²) in [6, 6.07) is 8.25. The molecule has 7 heteroatoms. The van der Waals surface area contributed by atoms with E-state index in [2.05, 4.69) is 40.2 Å². The standard InChI is InChI=1S/C20H24N6O/c1-14-12-24(2)6-7-26(14)20(27)10-18-9-16-8-15(4-5-19(16)23-22-18)17-11-21-25(3)13-17/h4-5,8-9,11,13-14H,6-7,10,12H2,1-3H3/t14-/m0/s1. The molecule has 1 atom stereocenters. The minimum Gasteiger partial charge on any atom is -0.337 e. The molecule has 0 saturated carbocycles. The van der Waals surface area contributed by atoms with Gasteiger partial charge in [-0.15, -0.1) is 0 Å². The molecule has 1 aliphatic heterocycles. The monoisotopic (exact) mass is 364 g/mol. The zero-order chi connectivity index (χ0) is 19.0. The number of piperazine rings is 1. The van der Waals surface area contributed by atoms with Crippen LogP contribution in [0.15, 0.2) is 36.7 Å². The van der Waals surface area contributed by atoms with Gasteiger partial charge in [-0.2, -0.15) is 15.3 Å². The van der Waals surface area contributed by atoms with Gasteiger partial charge in [-0.3, -0.25) is 9.48 Å². The number of rotatable bonds is 3. The van der Waals surface area contributed by atoms with E-state index in [4.69, 9.17) is 0 Å². The third-order valence-corrected chi connectivity index (χ3v) is 5.16. The van der Waals surface area contributed by atoms with Crippen LogP contribution in [-0.4, -0.2) is 68.4 Å². The van der Waals surface area contributed by atoms with E-state index >= 15 is 0 Å². The molecule has 1 aromatic carbocycles. The third kappa shape index (κ3) is 3.68. The SMILES string of the molecule is C[C@H]1CN(C)CCN1C(=O)Cc1cc2cc(-c3cnn(C)c3)ccc2nn1. The van der Waals surface area contributed by atoms with Crippen molar-refractivity contribution in [2.24, 2.45) is 7.05 Å². The van der Waals surface area contributed by atoms with Crippen LogP contribution in [0.2, 0.25) is 0 Å². The van der Waals surface area contributed by atoms with Gasteiger partial charge >= 0.3 is 0 Å². The number of aryl methyl sites for hydroxylation is 1. The molecular weight excluding hydrogens is 340 g/mol. The van der Waals surface area contributed by atoms with Gasteiger partial charge < -0.3 is 9.80 Å². The molecule has 1 aliphatic rings. The highest BCUT2D eigenvalue weighted by Gasteiger charge is 2.25. The summed E-state index contributed by atoms with van der Waals surface area (Å²) in [4.78, 5) is 17.0. The maximum atomic E-state index is 12.7. The van der Waals surface area contributed by atoms with E-state index in [-0.39, 0.29) is 18.4 Å². The molecule has 1 saturated heterocycles. The van der Waals surface area contributed by atoms with E-state index < -0.39 is 0 Å². The van der Waals surface area contributed by atoms with Crippen molar-refractivity contribution < 1.29 is 4.79 Å². The number of nitrogens with zero attached hydrogens (tertiary/aromatic N) is 6. The van der Waals surface area contributed by atoms with Gasteiger partial charge in [0.1, 0.15) is 0 Å². The fourth-order valence-corrected chi connectivity index (χ4v) is 3.69. The fraction of sp³-hybridized carbons (Fsp3) is 0.400. The summed E-state index contributed by atoms with van der Waals surface area (Å²) in [5.74, 6) is 0.118. The molecule has 0 unspecified atom stereocenters. The number of fused-ring (bicyclic) bond motifs is 1. The molecule has 3 heterocycles. The first-order chi connectivity index (χ1) is 13.0. The minimum atomic E-state index is 0.118. The van der Waals surface area contributed by atoms with Crippen LogP contribution in [-0.2, 0) is 18.3 Å². The number of carbonyl (C=O) groups is 1. The van der Waals surface area contributed by atoms with Crippen molar-refractivity contribution in [2.75, 3.05) is 26.7 Å². The van der Waals surface area contributed by atoms with Crippen molar-refractivity contribution in [1.29, 1.82) is 0 Å². The Labute approximate surface area is 158 Å². The van der Waals surface area contributed by atoms with Crippen LogP contribution < -0.4 is 0 Å². The van der Waals surface area contributed by atoms with Gasteiger partial charge in [-0.1, -0.05) is 6.07 Å². The summed E-state index contributed by atoms with van der Waals surface area (Å²) < 4.78 is 1.78. The number of amides is 1. The van der Waals surface area contributed by atoms with Gasteiger partial charge in [0, 0.05) is 49.9 Å². The molecule has 27 heavy (non-hydrogen) atoms. The summed E-state index contributed by atoms with van der Waals surface area (Å²) in [5.41, 5.74) is 3.67. The van der Waals surface area contributed by atoms with Gasteiger partial charge in [0.25, 0.3) is 0 Å². The first-order valence-corrected chi connectivity index (χ1v) is 9.23. The van der Waals surface area contributed by atoms with Crippen LogP contribution in [0.1, 0.15) is 12.6 Å². The second-order valence-corrected chi connectivity index (χ2v) is 7.39. The van der Waals surface area contributed by atoms with Gasteiger partial charge in [0.15, 0.2) is 0 Å². The topological polar surface area (TPSA) is 67.2 Å². The van der Waals surface area contributed by atoms with Crippen molar-refractivity contribution in [1.82, 2.24) is 29.8 Å². The van der Waals surface area contributed by atoms with Crippen LogP contribution in [0.25, 0.3) is 22.0 Å². The first kappa shape index (κ1) is 17.6. The van der Waals surface area contributed by atoms with E-state index in [9.17, 15) is 4.79 Å². The number of hydrogen-bond acceptors (Lipinski definition) is 5. The normalized spacial score (nSPS) is 18.2. The summed E-state index contributed by atoms with van der Waals surface area (Å²) in [5, 5.41) is 13.8. The van der Waals surface area contributed by atoms with Crippen molar-refractivity contribution >= 4 is 16.8 Å². The van der Waals surface area contributed by atoms with Crippen molar-refractivity contribution in [3.8, 4) is 11.1 Å². The highest BCUT2D eigenvalue weighted by Crippen LogP contribution is 2.23. The van der Waals surface area contributed by atoms with Crippen molar-refractivity contribution in [2.45, 2.75) is 19.4 Å². The van der Waals surface area contributed by atoms with Crippen molar-refractivity contribution in [3.63, 3.8) is 0 Å². The average Bonchev–Trinajstić information content (AvgIpc) is 3.07. The lowest BCUT2D eigenvalue weighted by atomic mass is 10.1. The number of benzene rings is 1. The van der Waals surface area contributed by atoms with E-state index in [0.29, 0.717) is 5.69 Å². The molecule has 0 radical (unpaired) electrons. The van der Waals surface area contributed by atoms with Crippen molar-refractivity contribution in [3.05, 3.63) is 42.4 Å². The molecule has 7 nitrogen and oxygen atoms in total. The Balaban J connectivity index is 1.56. The largest absolute Gasteiger partial charge is 0.337 e. The second-order valence-electron chi connectivity index (χ2n) is 7.39. The Hall–Kier alpha value is -2.80. The maximum absolute atomic E-state index is 12.7. The predicted molar refractivity (Wildman–Crippen MR) is 104 cm³/mol. The summed E-state index contributed by atoms with van der Waals surface area (Å²) >= 11 is 0. The molecule has 3 aromatic rings. The van der Waals surface area contributed by atoms with Gasteiger partial charge in [-0.05, 0) is 37.7 Å². The highest BCUT2D eigenvalue weighted by molar-refractivity contribution is 5.85. The molecule has 0 aliphatic carbocycles. The molecular formula is C20H24N6O. The molecule has 140 valence electrons. The van der Waals surface area contributed by atoms with Crippen LogP contribution >= 0.6 is 0 Å². The zero-order valence-electron chi connectivity index (χ0n) is 16.0. The molecule has 4 rings (SSSR count). The molecule has 1 fully saturated rings. The Morgan fingerprint density at radius 2 is 2.00 bits per heavy atom. The van der Waals surface area contributed by atoms with E-state index in [0.717, 1.165) is 41.7 Å². The number of carbonyl (C=O) groups excluding carboxylic acids is 1. The minimum absolute atomic E-state index is 0.118. The molecule has 2 aromatic heterocycles. The average molecular weight is 364 g/mol. The van der Waals surface area contributed by atoms with Gasteiger partial charge in [-0.25, -0.2) is 0 Å². The second kappa shape index (κ2) is 7.08. The Morgan fingerprint density at radius 1 is 1.15 bits per heavy atom. The van der Waals surface area contributed by atoms with E-state index in [1.165, 1.54) is 0 Å². The maximum Gasteiger partial charge on any atom is 0.228 e. The molecule has 0 spiro atoms. The first-order valence-electron chi connectivity index (χ1n) is 9.23. The lowest BCUT2D eigenvalue weighted by Crippen LogP contribution is -2.53. The predicted octanol–water partition coefficient (Wildman–Crippen LogP) is 1.74. The quantitative estimate of drug-likeness (QED) is 0.708. The van der Waals surface area contributed by atoms with Crippen LogP contribution in [0, 0.1) is 0 Å². The molecule has 1 amide bonds. The van der Waals surface area contributed by atoms with Gasteiger partial charge in [0.2, 0.25) is 5.91 Å². The molecule has 0 bridgehead atoms. The highest BCUT2D eigenvalue weighted by atomic mass is 16.2. The summed E-state index contributed by atoms with van der Waals surface area (Å²) in [7, 11) is 3.99. The lowest BCUT2D eigenvalue weighted by Gasteiger charge is -2.38. The zero-order valence-corrected chi connectivity index (χ0v) is 16.0. The van der Waals surface area contributed by atoms with E-state index in [1.54, 1.807) is 4.68 Å². The number of likely N-dealkylation sites (N-methyl/N-ethyl adjacent to an activating group) is 1. The number of hydrogen-bond donors (Lipinski definition) is 0. The Kier molecular flexibility index (Phi) is 4.61. The van der Waals surface area contributed by atoms with Crippen LogP contribution in [0.3, 0.4) is 0 Å². The smallest absolute Gasteiger partial charge is 0.228 e. The Bertz CT molecular complexity index is 982. The summed E-state index contributed by atoms with van der Waals surface area (Å²) in [6.45, 7) is 4.68. The Morgan fingerprint density at radius 3 is 2.74 bits per heavy atom. The summed E-state index contributed by atoms with van der Waals surface area (Å²) in [6.07, 6.45) is 4.11. The van der Waals surface area contributed by atoms with E-state index in [1.807, 2.05) is 42.5 Å².